The number of aromatic carboxylic acids is 1. The van der Waals surface area contributed by atoms with Gasteiger partial charge in [-0.2, -0.15) is 0 Å². The van der Waals surface area contributed by atoms with Crippen LogP contribution in [0.25, 0.3) is 0 Å². The van der Waals surface area contributed by atoms with Gasteiger partial charge in [0.05, 0.1) is 16.1 Å². The number of carboxylic acids is 1. The predicted molar refractivity (Wildman–Crippen MR) is 87.4 cm³/mol. The number of sulfonamides is 1. The van der Waals surface area contributed by atoms with E-state index in [0.717, 1.165) is 24.8 Å². The van der Waals surface area contributed by atoms with Gasteiger partial charge in [0.1, 0.15) is 0 Å². The Hall–Kier alpha value is -2.34. The molecular formula is C17H17NO4S. The first-order valence-corrected chi connectivity index (χ1v) is 8.84. The van der Waals surface area contributed by atoms with Crippen LogP contribution in [-0.4, -0.2) is 19.5 Å². The van der Waals surface area contributed by atoms with E-state index in [0.29, 0.717) is 11.3 Å². The van der Waals surface area contributed by atoms with Crippen LogP contribution in [0.4, 0.5) is 5.69 Å². The van der Waals surface area contributed by atoms with Gasteiger partial charge in [-0.15, -0.1) is 0 Å². The Morgan fingerprint density at radius 3 is 2.52 bits per heavy atom. The highest BCUT2D eigenvalue weighted by atomic mass is 32.2. The van der Waals surface area contributed by atoms with E-state index < -0.39 is 16.0 Å². The molecule has 0 unspecified atom stereocenters. The van der Waals surface area contributed by atoms with Crippen LogP contribution in [0.15, 0.2) is 41.3 Å². The zero-order chi connectivity index (χ0) is 16.6. The van der Waals surface area contributed by atoms with Crippen molar-refractivity contribution in [2.24, 2.45) is 0 Å². The molecule has 3 rings (SSSR count). The van der Waals surface area contributed by atoms with Gasteiger partial charge in [0, 0.05) is 0 Å². The number of carbonyl (C=O) groups is 1. The molecule has 2 aromatic carbocycles. The fourth-order valence-corrected chi connectivity index (χ4v) is 4.01. The fourth-order valence-electron chi connectivity index (χ4n) is 2.83. The van der Waals surface area contributed by atoms with Crippen LogP contribution in [0, 0.1) is 6.92 Å². The molecule has 0 bridgehead atoms. The highest BCUT2D eigenvalue weighted by Gasteiger charge is 2.19. The Bertz CT molecular complexity index is 887. The summed E-state index contributed by atoms with van der Waals surface area (Å²) in [6.07, 6.45) is 2.96. The normalized spacial score (nSPS) is 13.6. The molecule has 0 fully saturated rings. The van der Waals surface area contributed by atoms with E-state index in [1.54, 1.807) is 19.1 Å². The molecule has 0 atom stereocenters. The quantitative estimate of drug-likeness (QED) is 0.902. The van der Waals surface area contributed by atoms with E-state index in [1.165, 1.54) is 23.8 Å². The lowest BCUT2D eigenvalue weighted by atomic mass is 10.1. The van der Waals surface area contributed by atoms with E-state index in [2.05, 4.69) is 4.72 Å². The van der Waals surface area contributed by atoms with E-state index in [1.807, 2.05) is 6.07 Å². The maximum atomic E-state index is 12.5. The number of fused-ring (bicyclic) bond motifs is 1. The zero-order valence-corrected chi connectivity index (χ0v) is 13.5. The van der Waals surface area contributed by atoms with Gasteiger partial charge < -0.3 is 5.11 Å². The lowest BCUT2D eigenvalue weighted by Crippen LogP contribution is -2.14. The van der Waals surface area contributed by atoms with Crippen LogP contribution in [0.3, 0.4) is 0 Å². The van der Waals surface area contributed by atoms with Crippen molar-refractivity contribution in [1.29, 1.82) is 0 Å². The second-order valence-electron chi connectivity index (χ2n) is 5.72. The average molecular weight is 331 g/mol. The molecule has 23 heavy (non-hydrogen) atoms. The Labute approximate surface area is 135 Å². The SMILES string of the molecule is Cc1cc(C(=O)O)ccc1NS(=O)(=O)c1ccc2c(c1)CCC2. The molecule has 0 saturated heterocycles. The second-order valence-corrected chi connectivity index (χ2v) is 7.41. The molecule has 6 heteroatoms. The monoisotopic (exact) mass is 331 g/mol. The summed E-state index contributed by atoms with van der Waals surface area (Å²) in [5.74, 6) is -1.04. The topological polar surface area (TPSA) is 83.5 Å². The third kappa shape index (κ3) is 3.07. The van der Waals surface area contributed by atoms with Crippen molar-refractivity contribution < 1.29 is 18.3 Å². The third-order valence-corrected chi connectivity index (χ3v) is 5.46. The Kier molecular flexibility index (Phi) is 3.85. The number of carboxylic acid groups (broad SMARTS) is 1. The van der Waals surface area contributed by atoms with Crippen molar-refractivity contribution in [2.75, 3.05) is 4.72 Å². The molecule has 1 aliphatic rings. The summed E-state index contributed by atoms with van der Waals surface area (Å²) in [6.45, 7) is 1.67. The van der Waals surface area contributed by atoms with Gasteiger partial charge in [-0.25, -0.2) is 13.2 Å². The molecule has 1 aliphatic carbocycles. The summed E-state index contributed by atoms with van der Waals surface area (Å²) in [5, 5.41) is 8.96. The van der Waals surface area contributed by atoms with Crippen molar-refractivity contribution in [3.05, 3.63) is 58.7 Å². The molecule has 0 aromatic heterocycles. The summed E-state index contributed by atoms with van der Waals surface area (Å²) in [5.41, 5.74) is 3.38. The average Bonchev–Trinajstić information content (AvgIpc) is 2.96. The molecule has 0 spiro atoms. The van der Waals surface area contributed by atoms with Crippen molar-refractivity contribution in [1.82, 2.24) is 0 Å². The molecule has 0 amide bonds. The lowest BCUT2D eigenvalue weighted by molar-refractivity contribution is 0.0697. The van der Waals surface area contributed by atoms with Gasteiger partial charge in [0.2, 0.25) is 0 Å². The number of aryl methyl sites for hydroxylation is 3. The first kappa shape index (κ1) is 15.6. The number of rotatable bonds is 4. The Morgan fingerprint density at radius 1 is 1.09 bits per heavy atom. The molecule has 0 aliphatic heterocycles. The Morgan fingerprint density at radius 2 is 1.83 bits per heavy atom. The minimum Gasteiger partial charge on any atom is -0.478 e. The van der Waals surface area contributed by atoms with Crippen LogP contribution < -0.4 is 4.72 Å². The first-order chi connectivity index (χ1) is 10.9. The molecule has 0 radical (unpaired) electrons. The number of hydrogen-bond donors (Lipinski definition) is 2. The predicted octanol–water partition coefficient (Wildman–Crippen LogP) is 2.98. The molecule has 120 valence electrons. The number of anilines is 1. The van der Waals surface area contributed by atoms with Crippen molar-refractivity contribution >= 4 is 21.7 Å². The number of nitrogens with one attached hydrogen (secondary N) is 1. The molecule has 0 heterocycles. The largest absolute Gasteiger partial charge is 0.478 e. The first-order valence-electron chi connectivity index (χ1n) is 7.35. The standard InChI is InChI=1S/C17H17NO4S/c1-11-9-14(17(19)20)6-8-16(11)18-23(21,22)15-7-5-12-3-2-4-13(12)10-15/h5-10,18H,2-4H2,1H3,(H,19,20). The lowest BCUT2D eigenvalue weighted by Gasteiger charge is -2.12. The summed E-state index contributed by atoms with van der Waals surface area (Å²) < 4.78 is 27.6. The van der Waals surface area contributed by atoms with Gasteiger partial charge in [0.25, 0.3) is 10.0 Å². The van der Waals surface area contributed by atoms with Crippen LogP contribution in [-0.2, 0) is 22.9 Å². The van der Waals surface area contributed by atoms with Gasteiger partial charge in [-0.05, 0) is 73.2 Å². The number of hydrogen-bond acceptors (Lipinski definition) is 3. The molecule has 2 N–H and O–H groups in total. The van der Waals surface area contributed by atoms with Gasteiger partial charge in [-0.3, -0.25) is 4.72 Å². The minimum absolute atomic E-state index is 0.128. The summed E-state index contributed by atoms with van der Waals surface area (Å²) in [7, 11) is -3.69. The minimum atomic E-state index is -3.69. The van der Waals surface area contributed by atoms with Crippen LogP contribution >= 0.6 is 0 Å². The van der Waals surface area contributed by atoms with Crippen LogP contribution in [0.5, 0.6) is 0 Å². The van der Waals surface area contributed by atoms with Crippen molar-refractivity contribution in [3.63, 3.8) is 0 Å². The second kappa shape index (κ2) is 5.70. The third-order valence-electron chi connectivity index (χ3n) is 4.10. The highest BCUT2D eigenvalue weighted by Crippen LogP contribution is 2.26. The molecule has 0 saturated carbocycles. The maximum Gasteiger partial charge on any atom is 0.335 e. The van der Waals surface area contributed by atoms with E-state index in [-0.39, 0.29) is 10.5 Å². The highest BCUT2D eigenvalue weighted by molar-refractivity contribution is 7.92. The molecule has 2 aromatic rings. The summed E-state index contributed by atoms with van der Waals surface area (Å²) in [4.78, 5) is 11.2. The van der Waals surface area contributed by atoms with Gasteiger partial charge >= 0.3 is 5.97 Å². The summed E-state index contributed by atoms with van der Waals surface area (Å²) >= 11 is 0. The van der Waals surface area contributed by atoms with Crippen LogP contribution in [0.1, 0.15) is 33.5 Å². The van der Waals surface area contributed by atoms with E-state index >= 15 is 0 Å². The molecule has 5 nitrogen and oxygen atoms in total. The fraction of sp³-hybridized carbons (Fsp3) is 0.235. The Balaban J connectivity index is 1.91. The number of benzene rings is 2. The van der Waals surface area contributed by atoms with E-state index in [9.17, 15) is 13.2 Å². The molecular weight excluding hydrogens is 314 g/mol. The van der Waals surface area contributed by atoms with Crippen molar-refractivity contribution in [3.8, 4) is 0 Å². The van der Waals surface area contributed by atoms with Gasteiger partial charge in [0.15, 0.2) is 0 Å². The summed E-state index contributed by atoms with van der Waals surface area (Å²) in [6, 6.07) is 9.53. The zero-order valence-electron chi connectivity index (χ0n) is 12.7. The van der Waals surface area contributed by atoms with Crippen LogP contribution in [0.2, 0.25) is 0 Å². The maximum absolute atomic E-state index is 12.5. The van der Waals surface area contributed by atoms with Gasteiger partial charge in [-0.1, -0.05) is 6.07 Å². The van der Waals surface area contributed by atoms with E-state index in [4.69, 9.17) is 5.11 Å². The van der Waals surface area contributed by atoms with Crippen molar-refractivity contribution in [2.45, 2.75) is 31.1 Å². The smallest absolute Gasteiger partial charge is 0.335 e.